The van der Waals surface area contributed by atoms with Gasteiger partial charge in [0.15, 0.2) is 18.2 Å². The smallest absolute Gasteiger partial charge is 0.481 e. The summed E-state index contributed by atoms with van der Waals surface area (Å²) in [7, 11) is 0. The van der Waals surface area contributed by atoms with Crippen molar-refractivity contribution in [2.45, 2.75) is 44.1 Å². The van der Waals surface area contributed by atoms with Crippen molar-refractivity contribution < 1.29 is 84.7 Å². The zero-order valence-corrected chi connectivity index (χ0v) is 26.0. The Balaban J connectivity index is 0.00000134. The Labute approximate surface area is 280 Å². The van der Waals surface area contributed by atoms with Gasteiger partial charge in [-0.2, -0.15) is 13.2 Å². The highest BCUT2D eigenvalue weighted by atomic mass is 32.1. The molecule has 1 aliphatic heterocycles. The first-order valence-electron chi connectivity index (χ1n) is 13.3. The molecule has 3 rings (SSSR count). The number of nitrogens with two attached hydrogens (primary N) is 1. The Morgan fingerprint density at radius 3 is 2.02 bits per heavy atom. The number of hydrogen-bond acceptors (Lipinski definition) is 10. The molecule has 2 heterocycles. The fourth-order valence-electron chi connectivity index (χ4n) is 3.63. The van der Waals surface area contributed by atoms with Gasteiger partial charge in [0, 0.05) is 17.0 Å². The van der Waals surface area contributed by atoms with Gasteiger partial charge in [-0.1, -0.05) is 0 Å². The summed E-state index contributed by atoms with van der Waals surface area (Å²) in [5.41, 5.74) is 5.47. The number of benzene rings is 1. The van der Waals surface area contributed by atoms with Crippen LogP contribution in [0, 0.1) is 11.2 Å². The Morgan fingerprint density at radius 1 is 1.02 bits per heavy atom. The number of carbonyl (C=O) groups excluding carboxylic acids is 2. The second kappa shape index (κ2) is 21.6. The maximum absolute atomic E-state index is 14.2. The molecule has 0 radical (unpaired) electrons. The lowest BCUT2D eigenvalue weighted by Crippen LogP contribution is -2.49. The topological polar surface area (TPSA) is 258 Å². The second-order valence-electron chi connectivity index (χ2n) is 9.27. The molecule has 50 heavy (non-hydrogen) atoms. The molecular formula is C27H29F7N4O11S. The van der Waals surface area contributed by atoms with Crippen molar-refractivity contribution in [2.24, 2.45) is 5.73 Å². The van der Waals surface area contributed by atoms with Gasteiger partial charge < -0.3 is 36.2 Å². The molecule has 0 bridgehead atoms. The van der Waals surface area contributed by atoms with Crippen LogP contribution in [0.1, 0.15) is 39.4 Å². The van der Waals surface area contributed by atoms with Crippen molar-refractivity contribution in [1.29, 1.82) is 5.41 Å². The van der Waals surface area contributed by atoms with E-state index in [2.05, 4.69) is 5.32 Å². The van der Waals surface area contributed by atoms with Crippen LogP contribution in [0.4, 0.5) is 30.7 Å². The third-order valence-electron chi connectivity index (χ3n) is 5.68. The molecule has 1 amide bonds. The molecule has 15 nitrogen and oxygen atoms in total. The number of amidine groups is 1. The maximum atomic E-state index is 14.2. The van der Waals surface area contributed by atoms with E-state index in [4.69, 9.17) is 45.9 Å². The summed E-state index contributed by atoms with van der Waals surface area (Å²) in [5.74, 6) is -9.75. The van der Waals surface area contributed by atoms with E-state index in [1.807, 2.05) is 4.90 Å². The van der Waals surface area contributed by atoms with E-state index in [1.165, 1.54) is 18.2 Å². The van der Waals surface area contributed by atoms with E-state index in [-0.39, 0.29) is 22.0 Å². The summed E-state index contributed by atoms with van der Waals surface area (Å²) >= 11 is 1.11. The number of amides is 1. The minimum Gasteiger partial charge on any atom is -0.481 e. The molecule has 1 fully saturated rings. The van der Waals surface area contributed by atoms with Gasteiger partial charge in [0.25, 0.3) is 0 Å². The number of carboxylic acid groups (broad SMARTS) is 4. The minimum absolute atomic E-state index is 0.155. The van der Waals surface area contributed by atoms with Gasteiger partial charge in [-0.05, 0) is 49.7 Å². The minimum atomic E-state index is -5.08. The number of carbonyl (C=O) groups is 6. The lowest BCUT2D eigenvalue weighted by molar-refractivity contribution is -0.192. The van der Waals surface area contributed by atoms with Crippen LogP contribution in [-0.4, -0.2) is 105 Å². The molecule has 0 saturated carbocycles. The third kappa shape index (κ3) is 16.7. The van der Waals surface area contributed by atoms with Crippen LogP contribution in [-0.2, 0) is 30.5 Å². The van der Waals surface area contributed by atoms with Crippen molar-refractivity contribution in [3.8, 4) is 5.75 Å². The number of carboxylic acids is 4. The number of nitrogen functional groups attached to an aromatic ring is 1. The summed E-state index contributed by atoms with van der Waals surface area (Å²) in [6, 6.07) is 4.58. The van der Waals surface area contributed by atoms with Crippen molar-refractivity contribution >= 4 is 52.9 Å². The second-order valence-corrected chi connectivity index (χ2v) is 10.4. The number of likely N-dealkylation sites (tertiary alicyclic amines) is 1. The van der Waals surface area contributed by atoms with Gasteiger partial charge in [-0.15, -0.1) is 11.3 Å². The van der Waals surface area contributed by atoms with Gasteiger partial charge in [-0.25, -0.2) is 36.7 Å². The Kier molecular flexibility index (Phi) is 19.3. The number of esters is 1. The molecule has 1 unspecified atom stereocenters. The van der Waals surface area contributed by atoms with Crippen molar-refractivity contribution in [1.82, 2.24) is 10.2 Å². The Hall–Kier alpha value is -5.32. The van der Waals surface area contributed by atoms with E-state index in [1.54, 1.807) is 6.07 Å². The quantitative estimate of drug-likeness (QED) is 0.0574. The largest absolute Gasteiger partial charge is 0.490 e. The van der Waals surface area contributed by atoms with Crippen LogP contribution in [0.3, 0.4) is 0 Å². The summed E-state index contributed by atoms with van der Waals surface area (Å²) < 4.78 is 80.8. The number of rotatable bonds is 11. The summed E-state index contributed by atoms with van der Waals surface area (Å²) in [4.78, 5) is 67.8. The SMILES string of the molecule is FCF.N=C(N)c1ccc(OC(=O)c2ccc(CN3CCCC3C(=O)N[C@@H](CC(=O)O)C(=O)O)s2)c(F)c1.O=C(O)C(F)(F)F.O=C(O)CF. The highest BCUT2D eigenvalue weighted by Gasteiger charge is 2.38. The summed E-state index contributed by atoms with van der Waals surface area (Å²) in [5, 5.41) is 42.1. The lowest BCUT2D eigenvalue weighted by Gasteiger charge is -2.24. The molecule has 1 aromatic carbocycles. The zero-order valence-electron chi connectivity index (χ0n) is 25.2. The number of aliphatic carboxylic acids is 4. The predicted molar refractivity (Wildman–Crippen MR) is 156 cm³/mol. The van der Waals surface area contributed by atoms with E-state index in [0.717, 1.165) is 22.3 Å². The Morgan fingerprint density at radius 2 is 1.58 bits per heavy atom. The molecule has 1 saturated heterocycles. The first kappa shape index (κ1) is 44.7. The molecule has 23 heteroatoms. The molecule has 1 aromatic heterocycles. The van der Waals surface area contributed by atoms with Crippen molar-refractivity contribution in [3.63, 3.8) is 0 Å². The van der Waals surface area contributed by atoms with Crippen LogP contribution >= 0.6 is 11.3 Å². The number of ether oxygens (including phenoxy) is 1. The van der Waals surface area contributed by atoms with Crippen LogP contribution in [0.5, 0.6) is 5.75 Å². The number of thiophene rings is 1. The van der Waals surface area contributed by atoms with Gasteiger partial charge >= 0.3 is 36.0 Å². The number of hydrogen-bond donors (Lipinski definition) is 7. The van der Waals surface area contributed by atoms with Crippen LogP contribution < -0.4 is 15.8 Å². The number of halogens is 7. The van der Waals surface area contributed by atoms with Gasteiger partial charge in [0.1, 0.15) is 16.8 Å². The molecular weight excluding hydrogens is 721 g/mol. The van der Waals surface area contributed by atoms with E-state index in [0.29, 0.717) is 25.9 Å². The fraction of sp³-hybridized carbons (Fsp3) is 0.370. The van der Waals surface area contributed by atoms with Crippen molar-refractivity contribution in [2.75, 3.05) is 20.1 Å². The van der Waals surface area contributed by atoms with Gasteiger partial charge in [-0.3, -0.25) is 19.9 Å². The predicted octanol–water partition coefficient (Wildman–Crippen LogP) is 2.96. The lowest BCUT2D eigenvalue weighted by atomic mass is 10.1. The van der Waals surface area contributed by atoms with Crippen LogP contribution in [0.15, 0.2) is 30.3 Å². The van der Waals surface area contributed by atoms with Crippen LogP contribution in [0.25, 0.3) is 0 Å². The highest BCUT2D eigenvalue weighted by molar-refractivity contribution is 7.13. The zero-order chi connectivity index (χ0) is 38.8. The standard InChI is InChI=1S/C22H23FN4O7S.C2HF3O2.C2H3FO2.CH2F2/c23-13-8-11(19(24)25)3-5-16(13)34-22(33)17-6-4-12(35-17)10-27-7-1-2-15(27)20(30)26-14(21(31)32)9-18(28)29;3-2(4,5)1(6)7;3-1-2(4)5;2-1-3/h3-6,8,14-15H,1-2,7,9-10H2,(H3,24,25)(H,26,30)(H,28,29)(H,31,32);(H,6,7);1H2,(H,4,5);1H2/t14-,15?;;;/m0.../s1. The molecule has 278 valence electrons. The van der Waals surface area contributed by atoms with E-state index >= 15 is 0 Å². The summed E-state index contributed by atoms with van der Waals surface area (Å²) in [6.45, 7) is -2.17. The third-order valence-corrected chi connectivity index (χ3v) is 6.73. The van der Waals surface area contributed by atoms with Gasteiger partial charge in [0.05, 0.1) is 12.5 Å². The van der Waals surface area contributed by atoms with E-state index < -0.39 is 79.9 Å². The normalized spacial score (nSPS) is 14.2. The van der Waals surface area contributed by atoms with E-state index in [9.17, 15) is 49.9 Å². The average Bonchev–Trinajstić information content (AvgIpc) is 3.68. The first-order valence-corrected chi connectivity index (χ1v) is 14.1. The van der Waals surface area contributed by atoms with Crippen molar-refractivity contribution in [3.05, 3.63) is 51.5 Å². The van der Waals surface area contributed by atoms with Crippen LogP contribution in [0.2, 0.25) is 0 Å². The fourth-order valence-corrected chi connectivity index (χ4v) is 4.54. The molecule has 8 N–H and O–H groups in total. The maximum Gasteiger partial charge on any atom is 0.490 e. The average molecular weight is 751 g/mol. The molecule has 0 aliphatic carbocycles. The number of alkyl halides is 6. The molecule has 2 atom stereocenters. The summed E-state index contributed by atoms with van der Waals surface area (Å²) in [6.07, 6.45) is -4.66. The first-order chi connectivity index (χ1) is 23.2. The van der Waals surface area contributed by atoms with Gasteiger partial charge in [0.2, 0.25) is 12.8 Å². The molecule has 2 aromatic rings. The highest BCUT2D eigenvalue weighted by Crippen LogP contribution is 2.26. The monoisotopic (exact) mass is 750 g/mol. The number of nitrogens with one attached hydrogen (secondary N) is 2. The Bertz CT molecular complexity index is 1510. The number of nitrogens with zero attached hydrogens (tertiary/aromatic N) is 1. The molecule has 1 aliphatic rings. The molecule has 0 spiro atoms.